The number of nitrogens with one attached hydrogen (secondary N) is 2. The first kappa shape index (κ1) is 20.9. The van der Waals surface area contributed by atoms with Gasteiger partial charge in [0.05, 0.1) is 40.6 Å². The molecule has 1 aromatic heterocycles. The number of anilines is 1. The highest BCUT2D eigenvalue weighted by molar-refractivity contribution is 5.77. The van der Waals surface area contributed by atoms with Crippen LogP contribution in [0.25, 0.3) is 0 Å². The van der Waals surface area contributed by atoms with Gasteiger partial charge in [0.1, 0.15) is 19.6 Å². The molecule has 1 aromatic carbocycles. The van der Waals surface area contributed by atoms with E-state index in [0.29, 0.717) is 6.54 Å². The molecule has 1 saturated heterocycles. The number of aromatic amines is 1. The highest BCUT2D eigenvalue weighted by Crippen LogP contribution is 2.29. The molecule has 1 amide bonds. The lowest BCUT2D eigenvalue weighted by atomic mass is 10.1. The summed E-state index contributed by atoms with van der Waals surface area (Å²) in [6.07, 6.45) is 1.93. The number of methoxy groups -OCH3 is 2. The maximum absolute atomic E-state index is 12.8. The van der Waals surface area contributed by atoms with Gasteiger partial charge in [0.15, 0.2) is 18.0 Å². The summed E-state index contributed by atoms with van der Waals surface area (Å²) in [5.74, 6) is 2.76. The zero-order valence-electron chi connectivity index (χ0n) is 17.8. The summed E-state index contributed by atoms with van der Waals surface area (Å²) in [4.78, 5) is 21.5. The van der Waals surface area contributed by atoms with Crippen molar-refractivity contribution in [3.63, 3.8) is 0 Å². The van der Waals surface area contributed by atoms with Crippen LogP contribution in [0.15, 0.2) is 36.5 Å². The minimum Gasteiger partial charge on any atom is -0.493 e. The second kappa shape index (κ2) is 9.60. The number of rotatable bonds is 7. The van der Waals surface area contributed by atoms with Gasteiger partial charge in [-0.25, -0.2) is 4.98 Å². The average molecular weight is 401 g/mol. The van der Waals surface area contributed by atoms with Crippen LogP contribution < -0.4 is 24.3 Å². The second-order valence-electron chi connectivity index (χ2n) is 7.56. The molecular formula is C22H32N4O3+2. The van der Waals surface area contributed by atoms with Crippen molar-refractivity contribution in [1.82, 2.24) is 4.90 Å². The van der Waals surface area contributed by atoms with Crippen molar-refractivity contribution in [2.24, 2.45) is 0 Å². The number of carbonyl (C=O) groups excluding carboxylic acids is 1. The number of benzene rings is 1. The number of piperazine rings is 1. The van der Waals surface area contributed by atoms with Crippen LogP contribution in [0, 0.1) is 6.92 Å². The van der Waals surface area contributed by atoms with Crippen LogP contribution in [0.3, 0.4) is 0 Å². The molecule has 2 N–H and O–H groups in total. The van der Waals surface area contributed by atoms with Gasteiger partial charge < -0.3 is 19.3 Å². The van der Waals surface area contributed by atoms with E-state index in [9.17, 15) is 4.79 Å². The number of H-pyrrole nitrogens is 1. The zero-order valence-corrected chi connectivity index (χ0v) is 17.8. The fourth-order valence-corrected chi connectivity index (χ4v) is 3.75. The number of pyridine rings is 1. The van der Waals surface area contributed by atoms with E-state index in [0.717, 1.165) is 66.1 Å². The first-order valence-electron chi connectivity index (χ1n) is 10.0. The number of hydrogen-bond donors (Lipinski definition) is 1. The quantitative estimate of drug-likeness (QED) is 0.721. The molecule has 29 heavy (non-hydrogen) atoms. The molecule has 0 radical (unpaired) electrons. The molecule has 1 fully saturated rings. The Hall–Kier alpha value is -2.80. The standard InChI is InChI=1S/C22H30N4O3/c1-17-13-19(28-3)20(29-4)14-18(17)15-24(2)16-22(27)26-11-9-25(10-12-26)21-7-5-6-8-23-21/h5-8,13-14H,9-12,15-16H2,1-4H3/p+2. The smallest absolute Gasteiger partial charge is 0.278 e. The van der Waals surface area contributed by atoms with Crippen molar-refractivity contribution >= 4 is 11.7 Å². The lowest BCUT2D eigenvalue weighted by Crippen LogP contribution is -3.09. The predicted molar refractivity (Wildman–Crippen MR) is 112 cm³/mol. The van der Waals surface area contributed by atoms with Crippen LogP contribution in [0.4, 0.5) is 5.82 Å². The summed E-state index contributed by atoms with van der Waals surface area (Å²) >= 11 is 0. The van der Waals surface area contributed by atoms with Gasteiger partial charge in [-0.05, 0) is 30.7 Å². The monoisotopic (exact) mass is 400 g/mol. The number of likely N-dealkylation sites (N-methyl/N-ethyl adjacent to an activating group) is 1. The first-order valence-corrected chi connectivity index (χ1v) is 10.0. The molecule has 1 atom stereocenters. The normalized spacial score (nSPS) is 15.2. The van der Waals surface area contributed by atoms with Gasteiger partial charge >= 0.3 is 0 Å². The summed E-state index contributed by atoms with van der Waals surface area (Å²) in [6, 6.07) is 10.1. The van der Waals surface area contributed by atoms with Gasteiger partial charge in [0, 0.05) is 11.6 Å². The molecule has 7 nitrogen and oxygen atoms in total. The number of carbonyl (C=O) groups is 1. The number of aryl methyl sites for hydroxylation is 1. The molecule has 0 bridgehead atoms. The molecule has 1 unspecified atom stereocenters. The van der Waals surface area contributed by atoms with Crippen molar-refractivity contribution in [2.75, 3.05) is 58.9 Å². The molecule has 0 spiro atoms. The summed E-state index contributed by atoms with van der Waals surface area (Å²) in [7, 11) is 5.34. The van der Waals surface area contributed by atoms with E-state index in [1.54, 1.807) is 14.2 Å². The molecule has 1 aliphatic heterocycles. The SMILES string of the molecule is COc1cc(C)c(C[NH+](C)CC(=O)N2CCN(c3cccc[nH+]3)CC2)cc1OC. The number of aromatic nitrogens is 1. The number of nitrogens with zero attached hydrogens (tertiary/aromatic N) is 2. The number of ether oxygens (including phenoxy) is 2. The predicted octanol–water partition coefficient (Wildman–Crippen LogP) is 0.190. The lowest BCUT2D eigenvalue weighted by Gasteiger charge is -2.31. The maximum Gasteiger partial charge on any atom is 0.278 e. The van der Waals surface area contributed by atoms with E-state index in [1.165, 1.54) is 0 Å². The van der Waals surface area contributed by atoms with E-state index >= 15 is 0 Å². The average Bonchev–Trinajstić information content (AvgIpc) is 2.75. The van der Waals surface area contributed by atoms with Gasteiger partial charge in [0.25, 0.3) is 11.7 Å². The second-order valence-corrected chi connectivity index (χ2v) is 7.56. The van der Waals surface area contributed by atoms with Gasteiger partial charge in [-0.3, -0.25) is 9.69 Å². The summed E-state index contributed by atoms with van der Waals surface area (Å²) in [5.41, 5.74) is 2.31. The van der Waals surface area contributed by atoms with E-state index in [2.05, 4.69) is 29.9 Å². The molecule has 156 valence electrons. The van der Waals surface area contributed by atoms with E-state index < -0.39 is 0 Å². The molecule has 7 heteroatoms. The molecular weight excluding hydrogens is 368 g/mol. The van der Waals surface area contributed by atoms with Crippen molar-refractivity contribution in [1.29, 1.82) is 0 Å². The molecule has 3 rings (SSSR count). The number of amides is 1. The summed E-state index contributed by atoms with van der Waals surface area (Å²) in [6.45, 7) is 6.50. The van der Waals surface area contributed by atoms with Gasteiger partial charge in [0.2, 0.25) is 0 Å². The Morgan fingerprint density at radius 3 is 2.41 bits per heavy atom. The lowest BCUT2D eigenvalue weighted by molar-refractivity contribution is -0.885. The van der Waals surface area contributed by atoms with Crippen LogP contribution in [0.2, 0.25) is 0 Å². The van der Waals surface area contributed by atoms with Crippen molar-refractivity contribution in [3.05, 3.63) is 47.7 Å². The third-order valence-electron chi connectivity index (χ3n) is 5.45. The minimum absolute atomic E-state index is 0.206. The topological polar surface area (TPSA) is 60.6 Å². The summed E-state index contributed by atoms with van der Waals surface area (Å²) < 4.78 is 10.8. The minimum atomic E-state index is 0.206. The Bertz CT molecular complexity index is 820. The van der Waals surface area contributed by atoms with Crippen LogP contribution in [0.1, 0.15) is 11.1 Å². The third kappa shape index (κ3) is 5.17. The van der Waals surface area contributed by atoms with E-state index in [-0.39, 0.29) is 5.91 Å². The Morgan fingerprint density at radius 2 is 1.79 bits per heavy atom. The molecule has 0 aliphatic carbocycles. The van der Waals surface area contributed by atoms with Crippen LogP contribution >= 0.6 is 0 Å². The fraction of sp³-hybridized carbons (Fsp3) is 0.455. The summed E-state index contributed by atoms with van der Waals surface area (Å²) in [5, 5.41) is 0. The van der Waals surface area contributed by atoms with Gasteiger partial charge in [-0.2, -0.15) is 0 Å². The first-order chi connectivity index (χ1) is 14.0. The highest BCUT2D eigenvalue weighted by atomic mass is 16.5. The zero-order chi connectivity index (χ0) is 20.8. The molecule has 2 aromatic rings. The van der Waals surface area contributed by atoms with Gasteiger partial charge in [-0.15, -0.1) is 0 Å². The fourth-order valence-electron chi connectivity index (χ4n) is 3.75. The Labute approximate surface area is 172 Å². The van der Waals surface area contributed by atoms with Gasteiger partial charge in [-0.1, -0.05) is 6.07 Å². The Morgan fingerprint density at radius 1 is 1.10 bits per heavy atom. The number of hydrogen-bond acceptors (Lipinski definition) is 4. The maximum atomic E-state index is 12.8. The van der Waals surface area contributed by atoms with E-state index in [4.69, 9.17) is 9.47 Å². The number of quaternary nitrogens is 1. The van der Waals surface area contributed by atoms with Crippen LogP contribution in [-0.2, 0) is 11.3 Å². The third-order valence-corrected chi connectivity index (χ3v) is 5.45. The van der Waals surface area contributed by atoms with Crippen molar-refractivity contribution in [2.45, 2.75) is 13.5 Å². The van der Waals surface area contributed by atoms with Crippen LogP contribution in [-0.4, -0.2) is 64.8 Å². The highest BCUT2D eigenvalue weighted by Gasteiger charge is 2.27. The molecule has 0 saturated carbocycles. The Balaban J connectivity index is 1.54. The van der Waals surface area contributed by atoms with E-state index in [1.807, 2.05) is 35.4 Å². The van der Waals surface area contributed by atoms with Crippen molar-refractivity contribution in [3.8, 4) is 11.5 Å². The molecule has 1 aliphatic rings. The van der Waals surface area contributed by atoms with Crippen LogP contribution in [0.5, 0.6) is 11.5 Å². The Kier molecular flexibility index (Phi) is 6.93. The van der Waals surface area contributed by atoms with Crippen molar-refractivity contribution < 1.29 is 24.2 Å². The molecule has 2 heterocycles. The largest absolute Gasteiger partial charge is 0.493 e.